The molecule has 0 aliphatic carbocycles. The van der Waals surface area contributed by atoms with Gasteiger partial charge in [0.25, 0.3) is 0 Å². The van der Waals surface area contributed by atoms with E-state index in [4.69, 9.17) is 0 Å². The monoisotopic (exact) mass is 364 g/mol. The molecule has 1 heterocycles. The number of H-pyrrole nitrogens is 1. The van der Waals surface area contributed by atoms with E-state index in [-0.39, 0.29) is 0 Å². The third-order valence-electron chi connectivity index (χ3n) is 2.90. The smallest absolute Gasteiger partial charge is 0.139 e. The van der Waals surface area contributed by atoms with Gasteiger partial charge < -0.3 is 4.98 Å². The molecule has 0 saturated carbocycles. The topological polar surface area (TPSA) is 28.7 Å². The summed E-state index contributed by atoms with van der Waals surface area (Å²) < 4.78 is 2.07. The van der Waals surface area contributed by atoms with Gasteiger partial charge in [0.1, 0.15) is 5.82 Å². The molecule has 1 aromatic heterocycles. The Balaban J connectivity index is 2.26. The van der Waals surface area contributed by atoms with Gasteiger partial charge in [-0.3, -0.25) is 0 Å². The number of benzene rings is 2. The summed E-state index contributed by atoms with van der Waals surface area (Å²) in [6.45, 7) is 2.07. The fourth-order valence-corrected chi connectivity index (χ4v) is 2.78. The molecule has 0 saturated heterocycles. The number of aromatic amines is 1. The molecule has 2 aromatic carbocycles. The molecule has 0 aliphatic rings. The quantitative estimate of drug-likeness (QED) is 0.641. The summed E-state index contributed by atoms with van der Waals surface area (Å²) in [6, 6.07) is 12.2. The minimum atomic E-state index is 0.882. The number of rotatable bonds is 1. The van der Waals surface area contributed by atoms with Crippen molar-refractivity contribution in [3.63, 3.8) is 0 Å². The maximum Gasteiger partial charge on any atom is 0.139 e. The molecule has 90 valence electrons. The third kappa shape index (κ3) is 1.99. The molecule has 4 heteroatoms. The summed E-state index contributed by atoms with van der Waals surface area (Å²) in [4.78, 5) is 8.04. The number of halogens is 2. The first-order chi connectivity index (χ1) is 8.65. The minimum Gasteiger partial charge on any atom is -0.338 e. The molecular formula is C14H10Br2N2. The van der Waals surface area contributed by atoms with Gasteiger partial charge in [-0.2, -0.15) is 0 Å². The van der Waals surface area contributed by atoms with Gasteiger partial charge in [-0.25, -0.2) is 4.98 Å². The standard InChI is InChI=1S/C14H10Br2N2/c1-8-3-2-4-12-13(8)18-14(17-12)10-7-9(15)5-6-11(10)16/h2-7H,1H3,(H,17,18). The summed E-state index contributed by atoms with van der Waals surface area (Å²) in [5.41, 5.74) is 4.33. The van der Waals surface area contributed by atoms with Crippen molar-refractivity contribution < 1.29 is 0 Å². The van der Waals surface area contributed by atoms with Crippen molar-refractivity contribution in [3.05, 3.63) is 50.9 Å². The van der Waals surface area contributed by atoms with Crippen LogP contribution in [0.1, 0.15) is 5.56 Å². The first-order valence-corrected chi connectivity index (χ1v) is 7.14. The summed E-state index contributed by atoms with van der Waals surface area (Å²) in [7, 11) is 0. The fourth-order valence-electron chi connectivity index (χ4n) is 1.98. The lowest BCUT2D eigenvalue weighted by atomic mass is 10.2. The molecule has 3 aromatic rings. The highest BCUT2D eigenvalue weighted by molar-refractivity contribution is 9.11. The van der Waals surface area contributed by atoms with Crippen LogP contribution in [0.25, 0.3) is 22.4 Å². The van der Waals surface area contributed by atoms with Crippen LogP contribution >= 0.6 is 31.9 Å². The summed E-state index contributed by atoms with van der Waals surface area (Å²) >= 11 is 7.05. The average Bonchev–Trinajstić information content (AvgIpc) is 2.77. The van der Waals surface area contributed by atoms with Crippen LogP contribution in [0.2, 0.25) is 0 Å². The Labute approximate surface area is 122 Å². The average molecular weight is 366 g/mol. The van der Waals surface area contributed by atoms with E-state index in [9.17, 15) is 0 Å². The lowest BCUT2D eigenvalue weighted by molar-refractivity contribution is 1.32. The Kier molecular flexibility index (Phi) is 2.99. The van der Waals surface area contributed by atoms with Gasteiger partial charge in [0.05, 0.1) is 11.0 Å². The first-order valence-electron chi connectivity index (χ1n) is 5.56. The first kappa shape index (κ1) is 11.9. The van der Waals surface area contributed by atoms with Crippen LogP contribution in [0.5, 0.6) is 0 Å². The second-order valence-electron chi connectivity index (χ2n) is 4.18. The highest BCUT2D eigenvalue weighted by Crippen LogP contribution is 2.31. The Morgan fingerprint density at radius 2 is 1.94 bits per heavy atom. The van der Waals surface area contributed by atoms with Crippen LogP contribution in [0, 0.1) is 6.92 Å². The minimum absolute atomic E-state index is 0.882. The Bertz CT molecular complexity index is 732. The van der Waals surface area contributed by atoms with Crippen LogP contribution < -0.4 is 0 Å². The number of hydrogen-bond acceptors (Lipinski definition) is 1. The molecule has 2 nitrogen and oxygen atoms in total. The molecular weight excluding hydrogens is 356 g/mol. The van der Waals surface area contributed by atoms with Crippen LogP contribution in [-0.2, 0) is 0 Å². The lowest BCUT2D eigenvalue weighted by Gasteiger charge is -2.01. The van der Waals surface area contributed by atoms with E-state index < -0.39 is 0 Å². The van der Waals surface area contributed by atoms with Crippen LogP contribution in [0.15, 0.2) is 45.3 Å². The second kappa shape index (κ2) is 4.52. The van der Waals surface area contributed by atoms with Gasteiger partial charge in [0, 0.05) is 14.5 Å². The maximum atomic E-state index is 4.68. The van der Waals surface area contributed by atoms with E-state index in [2.05, 4.69) is 60.9 Å². The van der Waals surface area contributed by atoms with Crippen molar-refractivity contribution in [2.24, 2.45) is 0 Å². The number of imidazole rings is 1. The molecule has 1 N–H and O–H groups in total. The molecule has 0 spiro atoms. The van der Waals surface area contributed by atoms with Gasteiger partial charge in [-0.1, -0.05) is 44.0 Å². The largest absolute Gasteiger partial charge is 0.338 e. The number of nitrogens with one attached hydrogen (secondary N) is 1. The van der Waals surface area contributed by atoms with E-state index in [0.29, 0.717) is 0 Å². The summed E-state index contributed by atoms with van der Waals surface area (Å²) in [5.74, 6) is 0.882. The number of nitrogens with zero attached hydrogens (tertiary/aromatic N) is 1. The van der Waals surface area contributed by atoms with Crippen molar-refractivity contribution in [2.45, 2.75) is 6.92 Å². The van der Waals surface area contributed by atoms with Crippen LogP contribution in [0.4, 0.5) is 0 Å². The molecule has 0 radical (unpaired) electrons. The van der Waals surface area contributed by atoms with Crippen molar-refractivity contribution >= 4 is 42.9 Å². The van der Waals surface area contributed by atoms with E-state index in [0.717, 1.165) is 31.4 Å². The molecule has 0 fully saturated rings. The predicted molar refractivity (Wildman–Crippen MR) is 81.7 cm³/mol. The normalized spacial score (nSPS) is 11.1. The zero-order valence-corrected chi connectivity index (χ0v) is 12.8. The Morgan fingerprint density at radius 3 is 2.72 bits per heavy atom. The molecule has 0 amide bonds. The van der Waals surface area contributed by atoms with Crippen molar-refractivity contribution in [1.82, 2.24) is 9.97 Å². The summed E-state index contributed by atoms with van der Waals surface area (Å²) in [5, 5.41) is 0. The number of para-hydroxylation sites is 1. The molecule has 0 bridgehead atoms. The number of fused-ring (bicyclic) bond motifs is 1. The second-order valence-corrected chi connectivity index (χ2v) is 5.95. The summed E-state index contributed by atoms with van der Waals surface area (Å²) in [6.07, 6.45) is 0. The van der Waals surface area contributed by atoms with Gasteiger partial charge in [0.15, 0.2) is 0 Å². The van der Waals surface area contributed by atoms with Crippen LogP contribution in [0.3, 0.4) is 0 Å². The Hall–Kier alpha value is -1.13. The van der Waals surface area contributed by atoms with Gasteiger partial charge in [-0.05, 0) is 36.8 Å². The number of hydrogen-bond donors (Lipinski definition) is 1. The molecule has 18 heavy (non-hydrogen) atoms. The van der Waals surface area contributed by atoms with Gasteiger partial charge in [0.2, 0.25) is 0 Å². The van der Waals surface area contributed by atoms with Gasteiger partial charge in [-0.15, -0.1) is 0 Å². The SMILES string of the molecule is Cc1cccc2[nH]c(-c3cc(Br)ccc3Br)nc12. The fraction of sp³-hybridized carbons (Fsp3) is 0.0714. The Morgan fingerprint density at radius 1 is 1.11 bits per heavy atom. The van der Waals surface area contributed by atoms with E-state index in [1.165, 1.54) is 5.56 Å². The van der Waals surface area contributed by atoms with Crippen molar-refractivity contribution in [2.75, 3.05) is 0 Å². The zero-order valence-electron chi connectivity index (χ0n) is 9.67. The molecule has 0 aliphatic heterocycles. The molecule has 0 unspecified atom stereocenters. The van der Waals surface area contributed by atoms with Crippen LogP contribution in [-0.4, -0.2) is 9.97 Å². The highest BCUT2D eigenvalue weighted by atomic mass is 79.9. The number of aromatic nitrogens is 2. The van der Waals surface area contributed by atoms with E-state index >= 15 is 0 Å². The molecule has 3 rings (SSSR count). The highest BCUT2D eigenvalue weighted by Gasteiger charge is 2.10. The number of aryl methyl sites for hydroxylation is 1. The maximum absolute atomic E-state index is 4.68. The third-order valence-corrected chi connectivity index (χ3v) is 4.08. The van der Waals surface area contributed by atoms with E-state index in [1.54, 1.807) is 0 Å². The lowest BCUT2D eigenvalue weighted by Crippen LogP contribution is -1.82. The molecule has 0 atom stereocenters. The predicted octanol–water partition coefficient (Wildman–Crippen LogP) is 5.06. The zero-order chi connectivity index (χ0) is 12.7. The van der Waals surface area contributed by atoms with Crippen molar-refractivity contribution in [1.29, 1.82) is 0 Å². The van der Waals surface area contributed by atoms with Crippen molar-refractivity contribution in [3.8, 4) is 11.4 Å². The van der Waals surface area contributed by atoms with Gasteiger partial charge >= 0.3 is 0 Å². The van der Waals surface area contributed by atoms with E-state index in [1.807, 2.05) is 24.3 Å².